The second-order valence-electron chi connectivity index (χ2n) is 9.65. The average Bonchev–Trinajstić information content (AvgIpc) is 3.38. The summed E-state index contributed by atoms with van der Waals surface area (Å²) in [5.74, 6) is -0.314. The summed E-state index contributed by atoms with van der Waals surface area (Å²) in [5, 5.41) is 3.44. The van der Waals surface area contributed by atoms with Gasteiger partial charge in [-0.3, -0.25) is 4.79 Å². The first kappa shape index (κ1) is 29.7. The molecule has 10 heteroatoms. The number of ether oxygens (including phenoxy) is 1. The SMILES string of the molecule is COCCCN(CC(=O)N(CCc1c[nH]c2ccccc12)Cc1ccccc1)C(=O)Nc1ccccc1C(F)(F)F. The number of H-pyrrole nitrogens is 1. The van der Waals surface area contributed by atoms with E-state index in [0.717, 1.165) is 28.1 Å². The maximum absolute atomic E-state index is 13.7. The summed E-state index contributed by atoms with van der Waals surface area (Å²) < 4.78 is 45.7. The number of rotatable bonds is 12. The van der Waals surface area contributed by atoms with E-state index in [1.807, 2.05) is 60.8 Å². The Hall–Kier alpha value is -4.31. The zero-order chi connectivity index (χ0) is 29.2. The molecule has 3 aromatic carbocycles. The molecule has 0 aliphatic carbocycles. The number of hydrogen-bond acceptors (Lipinski definition) is 3. The molecule has 3 amide bonds. The molecule has 0 fully saturated rings. The summed E-state index contributed by atoms with van der Waals surface area (Å²) in [6, 6.07) is 21.4. The number of aromatic amines is 1. The number of hydrogen-bond donors (Lipinski definition) is 2. The van der Waals surface area contributed by atoms with E-state index < -0.39 is 17.8 Å². The summed E-state index contributed by atoms with van der Waals surface area (Å²) in [5.41, 5.74) is 1.67. The van der Waals surface area contributed by atoms with E-state index >= 15 is 0 Å². The highest BCUT2D eigenvalue weighted by molar-refractivity contribution is 5.93. The van der Waals surface area contributed by atoms with Gasteiger partial charge < -0.3 is 24.8 Å². The van der Waals surface area contributed by atoms with Crippen molar-refractivity contribution in [3.05, 3.63) is 102 Å². The van der Waals surface area contributed by atoms with Gasteiger partial charge in [-0.25, -0.2) is 4.79 Å². The standard InChI is InChI=1S/C31H33F3N4O3/c1-41-19-9-17-38(30(40)36-28-15-8-6-13-26(28)31(32,33)34)22-29(39)37(21-23-10-3-2-4-11-23)18-16-24-20-35-27-14-7-5-12-25(24)27/h2-8,10-15,20,35H,9,16-19,21-22H2,1H3,(H,36,40). The Morgan fingerprint density at radius 1 is 0.902 bits per heavy atom. The van der Waals surface area contributed by atoms with Crippen molar-refractivity contribution in [2.45, 2.75) is 25.6 Å². The molecule has 7 nitrogen and oxygen atoms in total. The number of aromatic nitrogens is 1. The molecule has 0 radical (unpaired) electrons. The second-order valence-corrected chi connectivity index (χ2v) is 9.65. The Balaban J connectivity index is 1.53. The van der Waals surface area contributed by atoms with Crippen LogP contribution in [-0.2, 0) is 28.7 Å². The number of carbonyl (C=O) groups excluding carboxylic acids is 2. The van der Waals surface area contributed by atoms with Crippen LogP contribution in [0.4, 0.5) is 23.7 Å². The molecule has 2 N–H and O–H groups in total. The molecule has 216 valence electrons. The number of anilines is 1. The minimum Gasteiger partial charge on any atom is -0.385 e. The predicted molar refractivity (Wildman–Crippen MR) is 152 cm³/mol. The van der Waals surface area contributed by atoms with Gasteiger partial charge >= 0.3 is 12.2 Å². The van der Waals surface area contributed by atoms with Gasteiger partial charge in [0.1, 0.15) is 6.54 Å². The van der Waals surface area contributed by atoms with Crippen LogP contribution in [0, 0.1) is 0 Å². The van der Waals surface area contributed by atoms with Crippen LogP contribution in [0.15, 0.2) is 85.1 Å². The molecular weight excluding hydrogens is 533 g/mol. The molecule has 1 aromatic heterocycles. The topological polar surface area (TPSA) is 77.7 Å². The highest BCUT2D eigenvalue weighted by atomic mass is 19.4. The van der Waals surface area contributed by atoms with Gasteiger partial charge in [0.2, 0.25) is 5.91 Å². The minimum absolute atomic E-state index is 0.126. The predicted octanol–water partition coefficient (Wildman–Crippen LogP) is 6.33. The van der Waals surface area contributed by atoms with Crippen molar-refractivity contribution >= 4 is 28.5 Å². The number of fused-ring (bicyclic) bond motifs is 1. The number of nitrogens with one attached hydrogen (secondary N) is 2. The number of para-hydroxylation sites is 2. The molecule has 0 saturated carbocycles. The van der Waals surface area contributed by atoms with E-state index in [-0.39, 0.29) is 24.7 Å². The van der Waals surface area contributed by atoms with Crippen molar-refractivity contribution < 1.29 is 27.5 Å². The molecule has 0 aliphatic rings. The molecule has 0 bridgehead atoms. The van der Waals surface area contributed by atoms with E-state index in [0.29, 0.717) is 32.5 Å². The zero-order valence-electron chi connectivity index (χ0n) is 22.8. The molecule has 0 unspecified atom stereocenters. The number of nitrogens with zero attached hydrogens (tertiary/aromatic N) is 2. The van der Waals surface area contributed by atoms with Crippen LogP contribution in [0.5, 0.6) is 0 Å². The van der Waals surface area contributed by atoms with Crippen molar-refractivity contribution in [3.8, 4) is 0 Å². The average molecular weight is 567 g/mol. The summed E-state index contributed by atoms with van der Waals surface area (Å²) in [7, 11) is 1.52. The molecule has 4 rings (SSSR count). The first-order chi connectivity index (χ1) is 19.8. The quantitative estimate of drug-likeness (QED) is 0.197. The van der Waals surface area contributed by atoms with Gasteiger partial charge in [0, 0.05) is 50.5 Å². The first-order valence-corrected chi connectivity index (χ1v) is 13.3. The minimum atomic E-state index is -4.64. The monoisotopic (exact) mass is 566 g/mol. The molecule has 0 aliphatic heterocycles. The highest BCUT2D eigenvalue weighted by Gasteiger charge is 2.34. The molecule has 1 heterocycles. The lowest BCUT2D eigenvalue weighted by Gasteiger charge is -2.28. The molecule has 0 spiro atoms. The Labute approximate surface area is 236 Å². The van der Waals surface area contributed by atoms with E-state index in [1.54, 1.807) is 4.90 Å². The van der Waals surface area contributed by atoms with E-state index in [1.165, 1.54) is 30.2 Å². The molecule has 0 saturated heterocycles. The molecule has 0 atom stereocenters. The van der Waals surface area contributed by atoms with Gasteiger partial charge in [0.15, 0.2) is 0 Å². The fourth-order valence-electron chi connectivity index (χ4n) is 4.64. The van der Waals surface area contributed by atoms with Crippen LogP contribution in [0.25, 0.3) is 10.9 Å². The lowest BCUT2D eigenvalue weighted by molar-refractivity contribution is -0.137. The van der Waals surface area contributed by atoms with E-state index in [2.05, 4.69) is 10.3 Å². The first-order valence-electron chi connectivity index (χ1n) is 13.3. The van der Waals surface area contributed by atoms with Gasteiger partial charge in [0.05, 0.1) is 11.3 Å². The summed E-state index contributed by atoms with van der Waals surface area (Å²) in [4.78, 5) is 33.1. The molecule has 41 heavy (non-hydrogen) atoms. The Bertz CT molecular complexity index is 1440. The maximum Gasteiger partial charge on any atom is 0.418 e. The van der Waals surface area contributed by atoms with Crippen molar-refractivity contribution in [2.24, 2.45) is 0 Å². The number of urea groups is 1. The largest absolute Gasteiger partial charge is 0.418 e. The van der Waals surface area contributed by atoms with Crippen LogP contribution in [0.3, 0.4) is 0 Å². The number of benzene rings is 3. The fraction of sp³-hybridized carbons (Fsp3) is 0.290. The van der Waals surface area contributed by atoms with E-state index in [4.69, 9.17) is 4.74 Å². The van der Waals surface area contributed by atoms with Gasteiger partial charge in [-0.2, -0.15) is 13.2 Å². The van der Waals surface area contributed by atoms with Gasteiger partial charge in [-0.05, 0) is 42.2 Å². The maximum atomic E-state index is 13.7. The lowest BCUT2D eigenvalue weighted by Crippen LogP contribution is -2.45. The zero-order valence-corrected chi connectivity index (χ0v) is 22.8. The third-order valence-electron chi connectivity index (χ3n) is 6.76. The van der Waals surface area contributed by atoms with Gasteiger partial charge in [-0.15, -0.1) is 0 Å². The molecule has 4 aromatic rings. The van der Waals surface area contributed by atoms with Crippen LogP contribution >= 0.6 is 0 Å². The van der Waals surface area contributed by atoms with Gasteiger partial charge in [0.25, 0.3) is 0 Å². The van der Waals surface area contributed by atoms with Crippen LogP contribution in [0.1, 0.15) is 23.1 Å². The lowest BCUT2D eigenvalue weighted by atomic mass is 10.1. The third kappa shape index (κ3) is 8.11. The second kappa shape index (κ2) is 13.8. The smallest absolute Gasteiger partial charge is 0.385 e. The van der Waals surface area contributed by atoms with Crippen molar-refractivity contribution in [2.75, 3.05) is 38.7 Å². The fourth-order valence-corrected chi connectivity index (χ4v) is 4.64. The number of carbonyl (C=O) groups is 2. The number of halogens is 3. The van der Waals surface area contributed by atoms with Crippen LogP contribution < -0.4 is 5.32 Å². The van der Waals surface area contributed by atoms with Crippen molar-refractivity contribution in [1.82, 2.24) is 14.8 Å². The number of alkyl halides is 3. The third-order valence-corrected chi connectivity index (χ3v) is 6.76. The number of amides is 3. The van der Waals surface area contributed by atoms with Crippen molar-refractivity contribution in [1.29, 1.82) is 0 Å². The Kier molecular flexibility index (Phi) is 10.0. The summed E-state index contributed by atoms with van der Waals surface area (Å²) in [6.07, 6.45) is -1.72. The van der Waals surface area contributed by atoms with Crippen molar-refractivity contribution in [3.63, 3.8) is 0 Å². The Morgan fingerprint density at radius 3 is 2.37 bits per heavy atom. The van der Waals surface area contributed by atoms with Crippen LogP contribution in [-0.4, -0.2) is 60.1 Å². The number of methoxy groups -OCH3 is 1. The highest BCUT2D eigenvalue weighted by Crippen LogP contribution is 2.34. The van der Waals surface area contributed by atoms with Crippen LogP contribution in [0.2, 0.25) is 0 Å². The van der Waals surface area contributed by atoms with E-state index in [9.17, 15) is 22.8 Å². The normalized spacial score (nSPS) is 11.4. The Morgan fingerprint density at radius 2 is 1.61 bits per heavy atom. The summed E-state index contributed by atoms with van der Waals surface area (Å²) in [6.45, 7) is 0.865. The molecular formula is C31H33F3N4O3. The summed E-state index contributed by atoms with van der Waals surface area (Å²) >= 11 is 0. The van der Waals surface area contributed by atoms with Gasteiger partial charge in [-0.1, -0.05) is 60.7 Å².